The molecule has 4 saturated heterocycles. The number of aliphatic carboxylic acids is 3. The quantitative estimate of drug-likeness (QED) is 0.0353. The van der Waals surface area contributed by atoms with Gasteiger partial charge in [0.15, 0.2) is 49.6 Å². The van der Waals surface area contributed by atoms with Crippen LogP contribution in [-0.2, 0) is 121 Å². The van der Waals surface area contributed by atoms with Crippen LogP contribution < -0.4 is 10.0 Å². The zero-order chi connectivity index (χ0) is 58.5. The molecule has 41 nitrogen and oxygen atoms in total. The first-order chi connectivity index (χ1) is 34.4. The molecule has 4 aliphatic heterocycles. The Hall–Kier alpha value is -3.55. The minimum atomic E-state index is -6.09. The lowest BCUT2D eigenvalue weighted by Crippen LogP contribution is -2.71. The summed E-state index contributed by atoms with van der Waals surface area (Å²) in [5, 5.41) is 93.9. The molecule has 4 rings (SSSR count). The summed E-state index contributed by atoms with van der Waals surface area (Å²) in [5.41, 5.74) is 0.176. The number of hydrogen-bond donors (Lipinski definition) is 16. The minimum absolute atomic E-state index is 0.176. The lowest BCUT2D eigenvalue weighted by Gasteiger charge is -2.50. The van der Waals surface area contributed by atoms with Crippen molar-refractivity contribution in [2.45, 2.75) is 137 Å². The maximum Gasteiger partial charge on any atom is 0.397 e. The van der Waals surface area contributed by atoms with Gasteiger partial charge in [-0.05, 0) is 6.92 Å². The Morgan fingerprint density at radius 1 is 0.526 bits per heavy atom. The normalized spacial score (nSPS) is 36.7. The lowest BCUT2D eigenvalue weighted by atomic mass is 9.94. The summed E-state index contributed by atoms with van der Waals surface area (Å²) in [4.78, 5) is 46.0. The van der Waals surface area contributed by atoms with Crippen molar-refractivity contribution in [2.75, 3.05) is 13.2 Å². The van der Waals surface area contributed by atoms with E-state index in [-0.39, 0.29) is 5.57 Å². The second-order valence-corrected chi connectivity index (χ2v) is 21.1. The largest absolute Gasteiger partial charge is 0.479 e. The van der Waals surface area contributed by atoms with Crippen molar-refractivity contribution in [2.24, 2.45) is 0 Å². The monoisotopic (exact) mass is 1220 g/mol. The fraction of sp³-hybridized carbons (Fsp3) is 0.800. The number of aliphatic hydroxyl groups excluding tert-OH is 6. The average Bonchev–Trinajstić information content (AvgIpc) is 3.23. The van der Waals surface area contributed by atoms with Crippen LogP contribution in [0.2, 0.25) is 0 Å². The molecule has 0 bridgehead atoms. The molecule has 4 fully saturated rings. The Morgan fingerprint density at radius 3 is 1.39 bits per heavy atom. The summed E-state index contributed by atoms with van der Waals surface area (Å²) in [7, 11) is -29.1. The van der Waals surface area contributed by atoms with Crippen molar-refractivity contribution in [1.29, 1.82) is 0 Å². The molecule has 4 heterocycles. The molecule has 76 heavy (non-hydrogen) atoms. The van der Waals surface area contributed by atoms with E-state index in [1.165, 1.54) is 11.6 Å². The average molecular weight is 1220 g/mol. The summed E-state index contributed by atoms with van der Waals surface area (Å²) in [6, 6.07) is -4.96. The Bertz CT molecular complexity index is 2640. The second kappa shape index (κ2) is 26.2. The molecule has 0 aromatic heterocycles. The molecule has 4 aliphatic rings. The van der Waals surface area contributed by atoms with E-state index < -0.39 is 212 Å². The molecule has 46 heteroatoms. The van der Waals surface area contributed by atoms with Crippen molar-refractivity contribution in [3.05, 3.63) is 12.2 Å². The van der Waals surface area contributed by atoms with Crippen LogP contribution in [0.15, 0.2) is 12.2 Å². The Balaban J connectivity index is 0.00000239. The molecule has 0 saturated carbocycles. The molecule has 0 aliphatic carbocycles. The van der Waals surface area contributed by atoms with Crippen molar-refractivity contribution in [3.8, 4) is 0 Å². The van der Waals surface area contributed by atoms with Gasteiger partial charge < -0.3 is 84.4 Å². The summed E-state index contributed by atoms with van der Waals surface area (Å²) in [6.45, 7) is 2.36. The van der Waals surface area contributed by atoms with E-state index in [0.29, 0.717) is 0 Å². The number of nitrogens with one attached hydrogen (secondary N) is 2. The molecule has 0 aromatic rings. The highest BCUT2D eigenvalue weighted by Gasteiger charge is 2.60. The maximum absolute atomic E-state index is 12.7. The molecular formula is C30H48N2O39S5. The zero-order valence-corrected chi connectivity index (χ0v) is 41.8. The summed E-state index contributed by atoms with van der Waals surface area (Å²) >= 11 is 0. The standard InChI is InChI=1S/C26H42N2O37S5.C4H6O2/c1-4(30)27-7-9(31)13(6(56-23(7)39)3-55-67(43,44)45)58-26-19(65-70(52,53)54)12(34)16(20(62-26)22(37)38)60-24-8(28-66(40,41)42)15(63-68(46,47)48)14(5(2-29)57-24)59-25-18(64-69(49,50)51)11(33)10(32)17(61-25)21(35)36;1-3(2)4(5)6/h5-20,23-26,28-29,31-34,39H,2-3H2,1H3,(H,27,30)(H,35,36)(H,37,38)(H,40,41,42)(H,43,44,45)(H,46,47,48)(H,49,50,51)(H,52,53,54);1H2,2H3,(H,5,6)/t5-,6+,7-,8-,9-,10-,11-,12+,13-,14-,15-,16+,17-,18+,19-,20+,23-,24+,25+,26-;/m1./s1. The number of aliphatic hydroxyl groups is 6. The van der Waals surface area contributed by atoms with Crippen molar-refractivity contribution in [3.63, 3.8) is 0 Å². The third kappa shape index (κ3) is 19.4. The van der Waals surface area contributed by atoms with Crippen LogP contribution in [0.3, 0.4) is 0 Å². The molecule has 0 spiro atoms. The predicted octanol–water partition coefficient (Wildman–Crippen LogP) is -10.1. The minimum Gasteiger partial charge on any atom is -0.479 e. The number of rotatable bonds is 22. The van der Waals surface area contributed by atoms with Crippen molar-refractivity contribution in [1.82, 2.24) is 10.0 Å². The number of carbonyl (C=O) groups is 4. The van der Waals surface area contributed by atoms with E-state index in [0.717, 1.165) is 6.92 Å². The third-order valence-electron chi connectivity index (χ3n) is 10.0. The fourth-order valence-corrected chi connectivity index (χ4v) is 9.43. The summed E-state index contributed by atoms with van der Waals surface area (Å²) < 4.78 is 222. The van der Waals surface area contributed by atoms with Crippen molar-refractivity contribution < 1.29 is 180 Å². The number of carbonyl (C=O) groups excluding carboxylic acids is 1. The van der Waals surface area contributed by atoms with Gasteiger partial charge in [-0.15, -0.1) is 0 Å². The zero-order valence-electron chi connectivity index (χ0n) is 37.7. The number of amides is 1. The first-order valence-corrected chi connectivity index (χ1v) is 26.9. The Morgan fingerprint density at radius 2 is 0.974 bits per heavy atom. The van der Waals surface area contributed by atoms with Gasteiger partial charge in [-0.1, -0.05) is 6.58 Å². The summed E-state index contributed by atoms with van der Waals surface area (Å²) in [6.07, 6.45) is -49.1. The van der Waals surface area contributed by atoms with E-state index in [4.69, 9.17) is 42.8 Å². The highest BCUT2D eigenvalue weighted by atomic mass is 32.3. The van der Waals surface area contributed by atoms with Crippen LogP contribution in [0.4, 0.5) is 0 Å². The molecule has 0 unspecified atom stereocenters. The number of carboxylic acid groups (broad SMARTS) is 3. The van der Waals surface area contributed by atoms with Gasteiger partial charge in [0.1, 0.15) is 73.1 Å². The lowest BCUT2D eigenvalue weighted by molar-refractivity contribution is -0.366. The molecule has 442 valence electrons. The Labute approximate surface area is 426 Å². The first kappa shape index (κ1) is 66.7. The Kier molecular flexibility index (Phi) is 23.0. The van der Waals surface area contributed by atoms with Gasteiger partial charge in [-0.25, -0.2) is 31.1 Å². The van der Waals surface area contributed by atoms with Gasteiger partial charge >= 0.3 is 69.8 Å². The number of hydrogen-bond acceptors (Lipinski definition) is 31. The molecule has 20 atom stereocenters. The van der Waals surface area contributed by atoms with Gasteiger partial charge in [-0.3, -0.25) is 27.6 Å². The number of carboxylic acids is 3. The summed E-state index contributed by atoms with van der Waals surface area (Å²) in [5.74, 6) is -6.42. The van der Waals surface area contributed by atoms with E-state index in [9.17, 15) is 120 Å². The number of ether oxygens (including phenoxy) is 7. The molecule has 1 amide bonds. The van der Waals surface area contributed by atoms with Crippen LogP contribution in [-0.4, -0.2) is 271 Å². The van der Waals surface area contributed by atoms with E-state index >= 15 is 0 Å². The van der Waals surface area contributed by atoms with Crippen LogP contribution >= 0.6 is 0 Å². The van der Waals surface area contributed by atoms with Crippen LogP contribution in [0.25, 0.3) is 0 Å². The van der Waals surface area contributed by atoms with Gasteiger partial charge in [0.2, 0.25) is 5.91 Å². The van der Waals surface area contributed by atoms with Gasteiger partial charge in [-0.2, -0.15) is 46.8 Å². The fourth-order valence-electron chi connectivity index (χ4n) is 7.05. The molecule has 16 N–H and O–H groups in total. The van der Waals surface area contributed by atoms with Crippen molar-refractivity contribution >= 4 is 75.7 Å². The highest BCUT2D eigenvalue weighted by molar-refractivity contribution is 7.83. The smallest absolute Gasteiger partial charge is 0.397 e. The topological polar surface area (TPSA) is 648 Å². The maximum atomic E-state index is 12.7. The van der Waals surface area contributed by atoms with Crippen LogP contribution in [0, 0.1) is 0 Å². The van der Waals surface area contributed by atoms with Crippen LogP contribution in [0.5, 0.6) is 0 Å². The van der Waals surface area contributed by atoms with Crippen LogP contribution in [0.1, 0.15) is 13.8 Å². The third-order valence-corrected chi connectivity index (χ3v) is 12.4. The van der Waals surface area contributed by atoms with E-state index in [1.807, 2.05) is 5.32 Å². The second-order valence-electron chi connectivity index (χ2n) is 15.7. The van der Waals surface area contributed by atoms with E-state index in [2.05, 4.69) is 23.3 Å². The highest BCUT2D eigenvalue weighted by Crippen LogP contribution is 2.37. The first-order valence-electron chi connectivity index (χ1n) is 20.0. The van der Waals surface area contributed by atoms with Gasteiger partial charge in [0, 0.05) is 12.5 Å². The predicted molar refractivity (Wildman–Crippen MR) is 223 cm³/mol. The molecule has 0 aromatic carbocycles. The molecule has 0 radical (unpaired) electrons. The van der Waals surface area contributed by atoms with Gasteiger partial charge in [0.05, 0.1) is 13.2 Å². The molecular weight excluding hydrogens is 1170 g/mol. The van der Waals surface area contributed by atoms with Gasteiger partial charge in [0.25, 0.3) is 0 Å². The van der Waals surface area contributed by atoms with E-state index in [1.54, 1.807) is 0 Å². The SMILES string of the molecule is C=C(C)C(=O)O.CC(=O)N[C@@H]1[C@@H](O)[C@H](O[C@@H]2O[C@H](C(=O)O)[C@@H](O[C@@H]3O[C@H](CO)[C@@H](O[C@H]4O[C@@H](C(=O)O)[C@H](O)[C@@H](O)[C@@H]4OS(=O)(=O)O)[C@H](OS(=O)(=O)O)[C@H]3NS(=O)(=O)O)[C@H](O)[C@H]2OS(=O)(=O)O)[C@H](COS(=O)(=O)O)O[C@H]1O.